The molecule has 30 heavy (non-hydrogen) atoms. The molecular formula is C24H23N3O2S. The zero-order valence-electron chi connectivity index (χ0n) is 16.8. The predicted octanol–water partition coefficient (Wildman–Crippen LogP) is 5.11. The van der Waals surface area contributed by atoms with E-state index in [-0.39, 0.29) is 18.0 Å². The van der Waals surface area contributed by atoms with E-state index < -0.39 is 0 Å². The lowest BCUT2D eigenvalue weighted by Gasteiger charge is -2.08. The number of thiophene rings is 1. The van der Waals surface area contributed by atoms with Gasteiger partial charge in [0, 0.05) is 16.6 Å². The number of unbranched alkanes of at least 4 members (excludes halogenated alkanes) is 1. The molecule has 1 amide bonds. The van der Waals surface area contributed by atoms with Gasteiger partial charge in [0.05, 0.1) is 11.8 Å². The first kappa shape index (κ1) is 20.0. The normalized spacial score (nSPS) is 11.0. The maximum absolute atomic E-state index is 12.9. The van der Waals surface area contributed by atoms with Crippen molar-refractivity contribution < 1.29 is 4.79 Å². The van der Waals surface area contributed by atoms with Gasteiger partial charge >= 0.3 is 0 Å². The fourth-order valence-electron chi connectivity index (χ4n) is 3.37. The molecule has 0 spiro atoms. The summed E-state index contributed by atoms with van der Waals surface area (Å²) in [6.45, 7) is 2.10. The van der Waals surface area contributed by atoms with Gasteiger partial charge in [-0.1, -0.05) is 55.8 Å². The number of rotatable bonds is 7. The molecule has 0 saturated heterocycles. The lowest BCUT2D eigenvalue weighted by atomic mass is 10.1. The molecule has 2 aromatic carbocycles. The number of nitrogens with zero attached hydrogens (tertiary/aromatic N) is 2. The number of carbonyl (C=O) groups is 1. The molecule has 2 aromatic heterocycles. The summed E-state index contributed by atoms with van der Waals surface area (Å²) in [5, 5.41) is 4.80. The highest BCUT2D eigenvalue weighted by Gasteiger charge is 2.14. The van der Waals surface area contributed by atoms with Gasteiger partial charge in [-0.15, -0.1) is 11.3 Å². The third kappa shape index (κ3) is 4.33. The molecule has 6 heteroatoms. The number of hydrogen-bond donors (Lipinski definition) is 1. The van der Waals surface area contributed by atoms with E-state index in [1.165, 1.54) is 27.8 Å². The van der Waals surface area contributed by atoms with Crippen LogP contribution in [0.5, 0.6) is 0 Å². The second-order valence-electron chi connectivity index (χ2n) is 7.22. The fraction of sp³-hybridized carbons (Fsp3) is 0.208. The van der Waals surface area contributed by atoms with E-state index in [4.69, 9.17) is 0 Å². The number of hydrogen-bond acceptors (Lipinski definition) is 4. The number of fused-ring (bicyclic) bond motifs is 1. The molecular weight excluding hydrogens is 394 g/mol. The van der Waals surface area contributed by atoms with Crippen LogP contribution < -0.4 is 10.9 Å². The van der Waals surface area contributed by atoms with Crippen LogP contribution in [-0.2, 0) is 17.8 Å². The third-order valence-corrected chi connectivity index (χ3v) is 5.96. The summed E-state index contributed by atoms with van der Waals surface area (Å²) in [7, 11) is 0. The number of benzene rings is 2. The Morgan fingerprint density at radius 3 is 2.60 bits per heavy atom. The fourth-order valence-corrected chi connectivity index (χ4v) is 4.34. The van der Waals surface area contributed by atoms with Gasteiger partial charge in [-0.25, -0.2) is 4.98 Å². The Labute approximate surface area is 179 Å². The van der Waals surface area contributed by atoms with Crippen molar-refractivity contribution in [3.63, 3.8) is 0 Å². The van der Waals surface area contributed by atoms with Crippen molar-refractivity contribution in [3.8, 4) is 11.1 Å². The average molecular weight is 418 g/mol. The Kier molecular flexibility index (Phi) is 6.05. The number of aromatic nitrogens is 2. The van der Waals surface area contributed by atoms with Gasteiger partial charge < -0.3 is 5.32 Å². The van der Waals surface area contributed by atoms with Gasteiger partial charge in [0.2, 0.25) is 5.91 Å². The molecule has 0 unspecified atom stereocenters. The maximum Gasteiger partial charge on any atom is 0.271 e. The van der Waals surface area contributed by atoms with Gasteiger partial charge in [-0.3, -0.25) is 14.2 Å². The van der Waals surface area contributed by atoms with Crippen LogP contribution in [0.4, 0.5) is 5.69 Å². The summed E-state index contributed by atoms with van der Waals surface area (Å²) in [5.74, 6) is -0.251. The molecule has 4 aromatic rings. The van der Waals surface area contributed by atoms with Gasteiger partial charge in [0.25, 0.3) is 5.56 Å². The summed E-state index contributed by atoms with van der Waals surface area (Å²) >= 11 is 1.36. The second kappa shape index (κ2) is 9.05. The Morgan fingerprint density at radius 1 is 1.10 bits per heavy atom. The second-order valence-corrected chi connectivity index (χ2v) is 8.10. The Hall–Kier alpha value is -3.25. The number of nitrogens with one attached hydrogen (secondary N) is 1. The molecule has 0 fully saturated rings. The molecule has 0 aliphatic carbocycles. The molecule has 4 rings (SSSR count). The molecule has 0 saturated carbocycles. The van der Waals surface area contributed by atoms with Crippen molar-refractivity contribution in [1.29, 1.82) is 0 Å². The van der Waals surface area contributed by atoms with E-state index in [1.807, 2.05) is 60.0 Å². The minimum atomic E-state index is -0.251. The van der Waals surface area contributed by atoms with Crippen molar-refractivity contribution in [2.45, 2.75) is 32.7 Å². The smallest absolute Gasteiger partial charge is 0.271 e. The van der Waals surface area contributed by atoms with Crippen LogP contribution in [0.1, 0.15) is 25.3 Å². The van der Waals surface area contributed by atoms with Gasteiger partial charge in [0.15, 0.2) is 0 Å². The Morgan fingerprint density at radius 2 is 1.87 bits per heavy atom. The summed E-state index contributed by atoms with van der Waals surface area (Å²) in [4.78, 5) is 29.8. The number of aryl methyl sites for hydroxylation is 1. The minimum absolute atomic E-state index is 0.0715. The van der Waals surface area contributed by atoms with Crippen LogP contribution in [0.15, 0.2) is 71.1 Å². The summed E-state index contributed by atoms with van der Waals surface area (Å²) in [5.41, 5.74) is 4.42. The first-order chi connectivity index (χ1) is 14.7. The molecule has 5 nitrogen and oxygen atoms in total. The predicted molar refractivity (Wildman–Crippen MR) is 123 cm³/mol. The molecule has 0 aliphatic rings. The Bertz CT molecular complexity index is 1210. The molecule has 0 atom stereocenters. The van der Waals surface area contributed by atoms with Crippen molar-refractivity contribution in [3.05, 3.63) is 82.2 Å². The summed E-state index contributed by atoms with van der Waals surface area (Å²) in [6.07, 6.45) is 4.80. The lowest BCUT2D eigenvalue weighted by molar-refractivity contribution is -0.116. The molecule has 1 N–H and O–H groups in total. The first-order valence-corrected chi connectivity index (χ1v) is 10.9. The number of anilines is 1. The van der Waals surface area contributed by atoms with Gasteiger partial charge in [0.1, 0.15) is 11.2 Å². The highest BCUT2D eigenvalue weighted by atomic mass is 32.1. The molecule has 0 radical (unpaired) electrons. The molecule has 0 aliphatic heterocycles. The van der Waals surface area contributed by atoms with Crippen LogP contribution in [0, 0.1) is 0 Å². The SMILES string of the molecule is CCCCc1ccc(NC(=O)Cn2cnc3c(-c4ccccc4)csc3c2=O)cc1. The first-order valence-electron chi connectivity index (χ1n) is 10.1. The van der Waals surface area contributed by atoms with Crippen LogP contribution in [-0.4, -0.2) is 15.5 Å². The van der Waals surface area contributed by atoms with Crippen molar-refractivity contribution in [1.82, 2.24) is 9.55 Å². The Balaban J connectivity index is 1.49. The minimum Gasteiger partial charge on any atom is -0.325 e. The van der Waals surface area contributed by atoms with E-state index in [0.717, 1.165) is 36.1 Å². The standard InChI is InChI=1S/C24H23N3O2S/c1-2-3-7-17-10-12-19(13-11-17)26-21(28)14-27-16-25-22-20(15-30-23(22)24(27)29)18-8-5-4-6-9-18/h4-6,8-13,15-16H,2-3,7,14H2,1H3,(H,26,28). The topological polar surface area (TPSA) is 64.0 Å². The largest absolute Gasteiger partial charge is 0.325 e. The average Bonchev–Trinajstić information content (AvgIpc) is 3.21. The number of amides is 1. The molecule has 0 bridgehead atoms. The van der Waals surface area contributed by atoms with Crippen molar-refractivity contribution >= 4 is 33.1 Å². The zero-order valence-corrected chi connectivity index (χ0v) is 17.6. The van der Waals surface area contributed by atoms with Crippen molar-refractivity contribution in [2.24, 2.45) is 0 Å². The summed E-state index contributed by atoms with van der Waals surface area (Å²) in [6, 6.07) is 17.7. The summed E-state index contributed by atoms with van der Waals surface area (Å²) < 4.78 is 1.92. The van der Waals surface area contributed by atoms with Gasteiger partial charge in [-0.05, 0) is 36.1 Å². The van der Waals surface area contributed by atoms with E-state index >= 15 is 0 Å². The highest BCUT2D eigenvalue weighted by molar-refractivity contribution is 7.17. The zero-order chi connectivity index (χ0) is 20.9. The van der Waals surface area contributed by atoms with E-state index in [0.29, 0.717) is 10.2 Å². The number of carbonyl (C=O) groups excluding carboxylic acids is 1. The van der Waals surface area contributed by atoms with E-state index in [1.54, 1.807) is 0 Å². The lowest BCUT2D eigenvalue weighted by Crippen LogP contribution is -2.27. The quantitative estimate of drug-likeness (QED) is 0.455. The van der Waals surface area contributed by atoms with Crippen LogP contribution >= 0.6 is 11.3 Å². The van der Waals surface area contributed by atoms with Crippen LogP contribution in [0.3, 0.4) is 0 Å². The van der Waals surface area contributed by atoms with E-state index in [2.05, 4.69) is 17.2 Å². The monoisotopic (exact) mass is 417 g/mol. The highest BCUT2D eigenvalue weighted by Crippen LogP contribution is 2.30. The maximum atomic E-state index is 12.9. The third-order valence-electron chi connectivity index (χ3n) is 5.00. The van der Waals surface area contributed by atoms with Crippen LogP contribution in [0.2, 0.25) is 0 Å². The van der Waals surface area contributed by atoms with E-state index in [9.17, 15) is 9.59 Å². The van der Waals surface area contributed by atoms with Crippen LogP contribution in [0.25, 0.3) is 21.3 Å². The molecule has 152 valence electrons. The molecule has 2 heterocycles. The van der Waals surface area contributed by atoms with Gasteiger partial charge in [-0.2, -0.15) is 0 Å². The van der Waals surface area contributed by atoms with Crippen molar-refractivity contribution in [2.75, 3.05) is 5.32 Å².